The molecule has 15 heavy (non-hydrogen) atoms. The van der Waals surface area contributed by atoms with Crippen LogP contribution in [0.5, 0.6) is 0 Å². The van der Waals surface area contributed by atoms with E-state index in [9.17, 15) is 4.79 Å². The van der Waals surface area contributed by atoms with Gasteiger partial charge in [-0.15, -0.1) is 0 Å². The highest BCUT2D eigenvalue weighted by Crippen LogP contribution is 2.17. The van der Waals surface area contributed by atoms with E-state index in [1.165, 1.54) is 0 Å². The normalized spacial score (nSPS) is 13.5. The fourth-order valence-corrected chi connectivity index (χ4v) is 2.57. The molecule has 0 bridgehead atoms. The van der Waals surface area contributed by atoms with Crippen molar-refractivity contribution in [1.29, 1.82) is 0 Å². The maximum atomic E-state index is 12.0. The lowest BCUT2D eigenvalue weighted by Gasteiger charge is -2.18. The Balaban J connectivity index is 3.15. The van der Waals surface area contributed by atoms with Crippen LogP contribution in [0.3, 0.4) is 0 Å². The maximum absolute atomic E-state index is 12.0. The molecule has 1 aromatic rings. The van der Waals surface area contributed by atoms with Crippen LogP contribution in [-0.2, 0) is 7.05 Å². The van der Waals surface area contributed by atoms with Gasteiger partial charge in [0.2, 0.25) is 0 Å². The molecule has 0 amide bonds. The van der Waals surface area contributed by atoms with Gasteiger partial charge >= 0.3 is 0 Å². The summed E-state index contributed by atoms with van der Waals surface area (Å²) in [6.07, 6.45) is 1.04. The summed E-state index contributed by atoms with van der Waals surface area (Å²) in [6, 6.07) is 0.268. The van der Waals surface area contributed by atoms with Crippen LogP contribution >= 0.6 is 22.6 Å². The largest absolute Gasteiger partial charge is 0.289 e. The molecule has 0 aromatic carbocycles. The SMILES string of the molecule is Cc1c(I)c(=O)n(C(C)CC(C)C)n1C. The zero-order chi connectivity index (χ0) is 11.7. The number of hydrogen-bond acceptors (Lipinski definition) is 1. The quantitative estimate of drug-likeness (QED) is 0.786. The molecule has 1 rings (SSSR count). The summed E-state index contributed by atoms with van der Waals surface area (Å²) < 4.78 is 4.67. The first-order valence-electron chi connectivity index (χ1n) is 5.29. The predicted molar refractivity (Wildman–Crippen MR) is 71.3 cm³/mol. The summed E-state index contributed by atoms with van der Waals surface area (Å²) in [5.74, 6) is 0.611. The Hall–Kier alpha value is -0.260. The fourth-order valence-electron chi connectivity index (χ4n) is 1.97. The van der Waals surface area contributed by atoms with Crippen molar-refractivity contribution in [2.45, 2.75) is 40.2 Å². The Morgan fingerprint density at radius 3 is 2.20 bits per heavy atom. The highest BCUT2D eigenvalue weighted by Gasteiger charge is 2.17. The molecule has 1 atom stereocenters. The minimum absolute atomic E-state index is 0.142. The minimum Gasteiger partial charge on any atom is -0.289 e. The molecular weight excluding hydrogens is 303 g/mol. The van der Waals surface area contributed by atoms with Gasteiger partial charge in [-0.25, -0.2) is 4.68 Å². The van der Waals surface area contributed by atoms with Crippen molar-refractivity contribution in [3.8, 4) is 0 Å². The first kappa shape index (κ1) is 12.8. The van der Waals surface area contributed by atoms with Crippen molar-refractivity contribution in [3.63, 3.8) is 0 Å². The van der Waals surface area contributed by atoms with Crippen LogP contribution in [0.1, 0.15) is 38.9 Å². The van der Waals surface area contributed by atoms with Crippen LogP contribution in [0.2, 0.25) is 0 Å². The third-order valence-corrected chi connectivity index (χ3v) is 3.99. The van der Waals surface area contributed by atoms with Gasteiger partial charge in [0.25, 0.3) is 5.56 Å². The fraction of sp³-hybridized carbons (Fsp3) is 0.727. The van der Waals surface area contributed by atoms with Crippen molar-refractivity contribution >= 4 is 22.6 Å². The van der Waals surface area contributed by atoms with Gasteiger partial charge in [0.15, 0.2) is 0 Å². The third-order valence-electron chi connectivity index (χ3n) is 2.75. The molecule has 0 aliphatic rings. The highest BCUT2D eigenvalue weighted by molar-refractivity contribution is 14.1. The number of rotatable bonds is 3. The molecule has 0 N–H and O–H groups in total. The van der Waals surface area contributed by atoms with E-state index in [-0.39, 0.29) is 11.6 Å². The lowest BCUT2D eigenvalue weighted by Crippen LogP contribution is -2.26. The van der Waals surface area contributed by atoms with Gasteiger partial charge in [0.05, 0.1) is 11.7 Å². The molecule has 0 radical (unpaired) electrons. The van der Waals surface area contributed by atoms with E-state index >= 15 is 0 Å². The molecule has 0 saturated heterocycles. The number of aromatic nitrogens is 2. The highest BCUT2D eigenvalue weighted by atomic mass is 127. The Bertz CT molecular complexity index is 403. The van der Waals surface area contributed by atoms with Crippen LogP contribution in [0.4, 0.5) is 0 Å². The molecule has 0 spiro atoms. The van der Waals surface area contributed by atoms with E-state index in [1.807, 2.05) is 23.3 Å². The lowest BCUT2D eigenvalue weighted by atomic mass is 10.1. The molecule has 0 fully saturated rings. The van der Waals surface area contributed by atoms with Gasteiger partial charge in [-0.1, -0.05) is 13.8 Å². The smallest absolute Gasteiger partial charge is 0.280 e. The topological polar surface area (TPSA) is 26.9 Å². The second-order valence-corrected chi connectivity index (χ2v) is 5.63. The summed E-state index contributed by atoms with van der Waals surface area (Å²) >= 11 is 2.13. The minimum atomic E-state index is 0.142. The molecule has 1 aromatic heterocycles. The van der Waals surface area contributed by atoms with Crippen LogP contribution in [-0.4, -0.2) is 9.36 Å². The average Bonchev–Trinajstić information content (AvgIpc) is 2.30. The van der Waals surface area contributed by atoms with Crippen LogP contribution < -0.4 is 5.56 Å². The van der Waals surface area contributed by atoms with Gasteiger partial charge in [-0.3, -0.25) is 9.48 Å². The maximum Gasteiger partial charge on any atom is 0.280 e. The van der Waals surface area contributed by atoms with Gasteiger partial charge in [-0.05, 0) is 48.8 Å². The van der Waals surface area contributed by atoms with Crippen molar-refractivity contribution in [2.75, 3.05) is 0 Å². The monoisotopic (exact) mass is 322 g/mol. The van der Waals surface area contributed by atoms with Crippen molar-refractivity contribution in [3.05, 3.63) is 19.6 Å². The molecule has 0 aliphatic carbocycles. The van der Waals surface area contributed by atoms with Crippen LogP contribution in [0.15, 0.2) is 4.79 Å². The average molecular weight is 322 g/mol. The number of hydrogen-bond donors (Lipinski definition) is 0. The van der Waals surface area contributed by atoms with Gasteiger partial charge in [0, 0.05) is 7.05 Å². The summed E-state index contributed by atoms with van der Waals surface area (Å²) in [6.45, 7) is 8.46. The zero-order valence-corrected chi connectivity index (χ0v) is 12.2. The van der Waals surface area contributed by atoms with Gasteiger partial charge in [-0.2, -0.15) is 0 Å². The predicted octanol–water partition coefficient (Wildman–Crippen LogP) is 2.71. The van der Waals surface area contributed by atoms with Crippen molar-refractivity contribution in [2.24, 2.45) is 13.0 Å². The van der Waals surface area contributed by atoms with Gasteiger partial charge < -0.3 is 0 Å². The molecule has 4 heteroatoms. The Morgan fingerprint density at radius 2 is 1.87 bits per heavy atom. The standard InChI is InChI=1S/C11H19IN2O/c1-7(2)6-8(3)14-11(15)10(12)9(4)13(14)5/h7-8H,6H2,1-5H3. The molecule has 1 heterocycles. The Labute approximate surface area is 105 Å². The van der Waals surface area contributed by atoms with E-state index in [0.29, 0.717) is 5.92 Å². The Kier molecular flexibility index (Phi) is 4.03. The second kappa shape index (κ2) is 4.72. The van der Waals surface area contributed by atoms with Gasteiger partial charge in [0.1, 0.15) is 3.57 Å². The van der Waals surface area contributed by atoms with Crippen LogP contribution in [0, 0.1) is 16.4 Å². The van der Waals surface area contributed by atoms with Crippen molar-refractivity contribution in [1.82, 2.24) is 9.36 Å². The third kappa shape index (κ3) is 2.46. The summed E-state index contributed by atoms with van der Waals surface area (Å²) in [7, 11) is 1.95. The zero-order valence-electron chi connectivity index (χ0n) is 10.0. The summed E-state index contributed by atoms with van der Waals surface area (Å²) in [4.78, 5) is 12.0. The number of halogens is 1. The molecular formula is C11H19IN2O. The van der Waals surface area contributed by atoms with Crippen molar-refractivity contribution < 1.29 is 0 Å². The molecule has 0 saturated carbocycles. The first-order valence-corrected chi connectivity index (χ1v) is 6.37. The molecule has 86 valence electrons. The van der Waals surface area contributed by atoms with Crippen LogP contribution in [0.25, 0.3) is 0 Å². The molecule has 3 nitrogen and oxygen atoms in total. The van der Waals surface area contributed by atoms with E-state index in [1.54, 1.807) is 0 Å². The van der Waals surface area contributed by atoms with E-state index < -0.39 is 0 Å². The molecule has 0 aliphatic heterocycles. The lowest BCUT2D eigenvalue weighted by molar-refractivity contribution is 0.348. The molecule has 1 unspecified atom stereocenters. The van der Waals surface area contributed by atoms with E-state index in [0.717, 1.165) is 15.7 Å². The second-order valence-electron chi connectivity index (χ2n) is 4.55. The number of nitrogens with zero attached hydrogens (tertiary/aromatic N) is 2. The summed E-state index contributed by atoms with van der Waals surface area (Å²) in [5, 5.41) is 0. The Morgan fingerprint density at radius 1 is 1.33 bits per heavy atom. The summed E-state index contributed by atoms with van der Waals surface area (Å²) in [5.41, 5.74) is 1.19. The first-order chi connectivity index (χ1) is 6.86. The van der Waals surface area contributed by atoms with E-state index in [4.69, 9.17) is 0 Å². The van der Waals surface area contributed by atoms with E-state index in [2.05, 4.69) is 43.4 Å².